The van der Waals surface area contributed by atoms with Crippen LogP contribution in [0.3, 0.4) is 0 Å². The molecule has 1 aliphatic rings. The smallest absolute Gasteiger partial charge is 0.308 e. The summed E-state index contributed by atoms with van der Waals surface area (Å²) in [6.45, 7) is 0. The van der Waals surface area contributed by atoms with Crippen LogP contribution < -0.4 is 5.32 Å². The molecule has 0 radical (unpaired) electrons. The summed E-state index contributed by atoms with van der Waals surface area (Å²) >= 11 is 7.57. The average Bonchev–Trinajstić information content (AvgIpc) is 2.87. The second-order valence-corrected chi connectivity index (χ2v) is 6.09. The third kappa shape index (κ3) is 3.27. The van der Waals surface area contributed by atoms with E-state index in [1.165, 1.54) is 11.8 Å². The number of carboxylic acids is 1. The van der Waals surface area contributed by atoms with Gasteiger partial charge < -0.3 is 10.4 Å². The van der Waals surface area contributed by atoms with Crippen LogP contribution in [0.15, 0.2) is 23.1 Å². The molecule has 4 nitrogen and oxygen atoms in total. The Labute approximate surface area is 126 Å². The van der Waals surface area contributed by atoms with E-state index in [0.717, 1.165) is 11.3 Å². The fourth-order valence-corrected chi connectivity index (χ4v) is 3.12. The van der Waals surface area contributed by atoms with Crippen molar-refractivity contribution in [2.24, 2.45) is 5.92 Å². The van der Waals surface area contributed by atoms with E-state index >= 15 is 0 Å². The van der Waals surface area contributed by atoms with Gasteiger partial charge in [-0.15, -0.1) is 11.8 Å². The molecule has 0 spiro atoms. The molecule has 1 aromatic carbocycles. The van der Waals surface area contributed by atoms with Crippen LogP contribution in [0.2, 0.25) is 5.02 Å². The lowest BCUT2D eigenvalue weighted by Crippen LogP contribution is -2.40. The van der Waals surface area contributed by atoms with Crippen LogP contribution in [0.1, 0.15) is 29.6 Å². The molecule has 0 bridgehead atoms. The molecule has 1 fully saturated rings. The fourth-order valence-electron chi connectivity index (χ4n) is 2.48. The maximum absolute atomic E-state index is 12.3. The first-order chi connectivity index (χ1) is 9.52. The zero-order valence-electron chi connectivity index (χ0n) is 11.1. The van der Waals surface area contributed by atoms with Crippen LogP contribution in [0.25, 0.3) is 0 Å². The van der Waals surface area contributed by atoms with Crippen molar-refractivity contribution in [3.8, 4) is 0 Å². The van der Waals surface area contributed by atoms with Gasteiger partial charge in [0.25, 0.3) is 5.91 Å². The van der Waals surface area contributed by atoms with Crippen molar-refractivity contribution in [2.45, 2.75) is 30.2 Å². The molecule has 20 heavy (non-hydrogen) atoms. The number of carbonyl (C=O) groups is 2. The molecule has 0 unspecified atom stereocenters. The minimum absolute atomic E-state index is 0.302. The van der Waals surface area contributed by atoms with Crippen LogP contribution >= 0.6 is 23.4 Å². The Morgan fingerprint density at radius 1 is 1.40 bits per heavy atom. The van der Waals surface area contributed by atoms with Gasteiger partial charge >= 0.3 is 5.97 Å². The first-order valence-corrected chi connectivity index (χ1v) is 8.00. The molecule has 1 aromatic rings. The number of rotatable bonds is 4. The Morgan fingerprint density at radius 2 is 2.15 bits per heavy atom. The van der Waals surface area contributed by atoms with Gasteiger partial charge in [0, 0.05) is 10.9 Å². The van der Waals surface area contributed by atoms with E-state index in [4.69, 9.17) is 16.7 Å². The maximum Gasteiger partial charge on any atom is 0.308 e. The molecule has 0 aliphatic heterocycles. The average molecular weight is 314 g/mol. The van der Waals surface area contributed by atoms with Crippen LogP contribution in [0.5, 0.6) is 0 Å². The monoisotopic (exact) mass is 313 g/mol. The number of aliphatic carboxylic acids is 1. The molecule has 108 valence electrons. The molecule has 6 heteroatoms. The predicted octanol–water partition coefficient (Wildman–Crippen LogP) is 3.05. The second-order valence-electron chi connectivity index (χ2n) is 4.80. The van der Waals surface area contributed by atoms with Crippen molar-refractivity contribution in [3.05, 3.63) is 28.8 Å². The van der Waals surface area contributed by atoms with Gasteiger partial charge in [-0.2, -0.15) is 0 Å². The number of hydrogen-bond donors (Lipinski definition) is 2. The zero-order chi connectivity index (χ0) is 14.7. The highest BCUT2D eigenvalue weighted by Gasteiger charge is 2.34. The number of carbonyl (C=O) groups excluding carboxylic acids is 1. The van der Waals surface area contributed by atoms with Crippen LogP contribution in [0, 0.1) is 5.92 Å². The van der Waals surface area contributed by atoms with Crippen LogP contribution in [-0.2, 0) is 4.79 Å². The van der Waals surface area contributed by atoms with Gasteiger partial charge in [0.15, 0.2) is 0 Å². The Kier molecular flexibility index (Phi) is 4.94. The van der Waals surface area contributed by atoms with Gasteiger partial charge in [-0.3, -0.25) is 9.59 Å². The standard InChI is InChI=1S/C14H16ClNO3S/c1-20-8-5-6-11(15)10(7-8)13(17)16-12-4-2-3-9(12)14(18)19/h5-7,9,12H,2-4H2,1H3,(H,16,17)(H,18,19)/t9-,12+/m0/s1. The van der Waals surface area contributed by atoms with Gasteiger partial charge in [0.1, 0.15) is 0 Å². The van der Waals surface area contributed by atoms with Crippen molar-refractivity contribution < 1.29 is 14.7 Å². The van der Waals surface area contributed by atoms with Gasteiger partial charge in [-0.05, 0) is 37.3 Å². The molecule has 1 saturated carbocycles. The highest BCUT2D eigenvalue weighted by Crippen LogP contribution is 2.27. The van der Waals surface area contributed by atoms with Gasteiger partial charge in [0.05, 0.1) is 16.5 Å². The SMILES string of the molecule is CSc1ccc(Cl)c(C(=O)N[C@@H]2CCC[C@@H]2C(=O)O)c1. The minimum Gasteiger partial charge on any atom is -0.481 e. The number of carboxylic acid groups (broad SMARTS) is 1. The molecule has 1 amide bonds. The Balaban J connectivity index is 2.14. The van der Waals surface area contributed by atoms with Crippen molar-refractivity contribution in [1.29, 1.82) is 0 Å². The number of hydrogen-bond acceptors (Lipinski definition) is 3. The molecule has 0 aromatic heterocycles. The lowest BCUT2D eigenvalue weighted by atomic mass is 10.0. The summed E-state index contributed by atoms with van der Waals surface area (Å²) in [6, 6.07) is 4.95. The summed E-state index contributed by atoms with van der Waals surface area (Å²) in [4.78, 5) is 24.3. The second kappa shape index (κ2) is 6.50. The number of thioether (sulfide) groups is 1. The first kappa shape index (κ1) is 15.2. The lowest BCUT2D eigenvalue weighted by Gasteiger charge is -2.18. The van der Waals surface area contributed by atoms with E-state index < -0.39 is 11.9 Å². The molecule has 2 N–H and O–H groups in total. The highest BCUT2D eigenvalue weighted by atomic mass is 35.5. The van der Waals surface area contributed by atoms with E-state index in [9.17, 15) is 9.59 Å². The van der Waals surface area contributed by atoms with E-state index in [2.05, 4.69) is 5.32 Å². The van der Waals surface area contributed by atoms with Gasteiger partial charge in [-0.25, -0.2) is 0 Å². The highest BCUT2D eigenvalue weighted by molar-refractivity contribution is 7.98. The molecule has 2 atom stereocenters. The summed E-state index contributed by atoms with van der Waals surface area (Å²) in [5.74, 6) is -1.65. The molecular weight excluding hydrogens is 298 g/mol. The topological polar surface area (TPSA) is 66.4 Å². The number of halogens is 1. The van der Waals surface area contributed by atoms with Gasteiger partial charge in [-0.1, -0.05) is 18.0 Å². The third-order valence-corrected chi connectivity index (χ3v) is 4.62. The summed E-state index contributed by atoms with van der Waals surface area (Å²) in [7, 11) is 0. The normalized spacial score (nSPS) is 21.7. The lowest BCUT2D eigenvalue weighted by molar-refractivity contribution is -0.142. The molecular formula is C14H16ClNO3S. The van der Waals surface area contributed by atoms with E-state index in [-0.39, 0.29) is 11.9 Å². The molecule has 0 saturated heterocycles. The van der Waals surface area contributed by atoms with Crippen molar-refractivity contribution in [3.63, 3.8) is 0 Å². The van der Waals surface area contributed by atoms with E-state index in [1.807, 2.05) is 12.3 Å². The molecule has 2 rings (SSSR count). The number of amides is 1. The van der Waals surface area contributed by atoms with Gasteiger partial charge in [0.2, 0.25) is 0 Å². The third-order valence-electron chi connectivity index (χ3n) is 3.57. The fraction of sp³-hybridized carbons (Fsp3) is 0.429. The Morgan fingerprint density at radius 3 is 2.80 bits per heavy atom. The zero-order valence-corrected chi connectivity index (χ0v) is 12.6. The number of nitrogens with one attached hydrogen (secondary N) is 1. The summed E-state index contributed by atoms with van der Waals surface area (Å²) in [5, 5.41) is 12.3. The maximum atomic E-state index is 12.3. The van der Waals surface area contributed by atoms with Crippen molar-refractivity contribution >= 4 is 35.2 Å². The summed E-state index contributed by atoms with van der Waals surface area (Å²) in [5.41, 5.74) is 0.398. The quantitative estimate of drug-likeness (QED) is 0.838. The summed E-state index contributed by atoms with van der Waals surface area (Å²) < 4.78 is 0. The van der Waals surface area contributed by atoms with Crippen LogP contribution in [-0.4, -0.2) is 29.3 Å². The van der Waals surface area contributed by atoms with E-state index in [0.29, 0.717) is 23.4 Å². The Hall–Kier alpha value is -1.20. The summed E-state index contributed by atoms with van der Waals surface area (Å²) in [6.07, 6.45) is 4.05. The Bertz CT molecular complexity index is 535. The molecule has 0 heterocycles. The number of benzene rings is 1. The van der Waals surface area contributed by atoms with Crippen LogP contribution in [0.4, 0.5) is 0 Å². The van der Waals surface area contributed by atoms with Crippen molar-refractivity contribution in [1.82, 2.24) is 5.32 Å². The molecule has 1 aliphatic carbocycles. The first-order valence-electron chi connectivity index (χ1n) is 6.40. The largest absolute Gasteiger partial charge is 0.481 e. The minimum atomic E-state index is -0.850. The van der Waals surface area contributed by atoms with E-state index in [1.54, 1.807) is 12.1 Å². The predicted molar refractivity (Wildman–Crippen MR) is 79.5 cm³/mol. The van der Waals surface area contributed by atoms with Crippen molar-refractivity contribution in [2.75, 3.05) is 6.26 Å².